The summed E-state index contributed by atoms with van der Waals surface area (Å²) < 4.78 is 37.6. The van der Waals surface area contributed by atoms with Crippen LogP contribution in [0, 0.1) is 23.2 Å². The predicted molar refractivity (Wildman–Crippen MR) is 63.8 cm³/mol. The lowest BCUT2D eigenvalue weighted by Gasteiger charge is -2.24. The predicted octanol–water partition coefficient (Wildman–Crippen LogP) is 3.59. The number of rotatable bonds is 4. The van der Waals surface area contributed by atoms with E-state index in [1.165, 1.54) is 6.07 Å². The average molecular weight is 262 g/mol. The highest BCUT2D eigenvalue weighted by atomic mass is 19.4. The third kappa shape index (κ3) is 4.85. The Morgan fingerprint density at radius 1 is 1.33 bits per heavy atom. The van der Waals surface area contributed by atoms with Crippen LogP contribution in [0.1, 0.15) is 39.0 Å². The molecule has 1 aliphatic rings. The monoisotopic (exact) mass is 262 g/mol. The first-order chi connectivity index (χ1) is 8.47. The molecule has 2 atom stereocenters. The highest BCUT2D eigenvalue weighted by molar-refractivity contribution is 4.91. The Labute approximate surface area is 107 Å². The van der Waals surface area contributed by atoms with E-state index in [0.29, 0.717) is 19.0 Å². The summed E-state index contributed by atoms with van der Waals surface area (Å²) in [6.45, 7) is 3.35. The third-order valence-electron chi connectivity index (χ3n) is 3.63. The molecule has 0 saturated carbocycles. The van der Waals surface area contributed by atoms with Gasteiger partial charge in [0.15, 0.2) is 5.92 Å². The second-order valence-corrected chi connectivity index (χ2v) is 5.11. The van der Waals surface area contributed by atoms with Crippen molar-refractivity contribution in [2.24, 2.45) is 11.8 Å². The molecule has 0 amide bonds. The molecule has 2 nitrogen and oxygen atoms in total. The van der Waals surface area contributed by atoms with Crippen molar-refractivity contribution in [3.8, 4) is 6.07 Å². The van der Waals surface area contributed by atoms with Gasteiger partial charge in [0, 0.05) is 6.54 Å². The van der Waals surface area contributed by atoms with Gasteiger partial charge in [0.25, 0.3) is 0 Å². The van der Waals surface area contributed by atoms with Crippen molar-refractivity contribution in [3.05, 3.63) is 0 Å². The van der Waals surface area contributed by atoms with Gasteiger partial charge in [-0.1, -0.05) is 19.8 Å². The van der Waals surface area contributed by atoms with Gasteiger partial charge in [-0.25, -0.2) is 0 Å². The minimum Gasteiger partial charge on any atom is -0.302 e. The second-order valence-electron chi connectivity index (χ2n) is 5.11. The van der Waals surface area contributed by atoms with Crippen molar-refractivity contribution in [2.45, 2.75) is 45.2 Å². The Morgan fingerprint density at radius 2 is 2.06 bits per heavy atom. The normalized spacial score (nSPS) is 24.3. The Kier molecular flexibility index (Phi) is 5.94. The highest BCUT2D eigenvalue weighted by Crippen LogP contribution is 2.28. The van der Waals surface area contributed by atoms with Gasteiger partial charge in [0.1, 0.15) is 0 Å². The molecule has 1 rings (SSSR count). The number of nitriles is 1. The first-order valence-electron chi connectivity index (χ1n) is 6.66. The smallest absolute Gasteiger partial charge is 0.302 e. The lowest BCUT2D eigenvalue weighted by molar-refractivity contribution is -0.163. The average Bonchev–Trinajstić information content (AvgIpc) is 2.50. The maximum absolute atomic E-state index is 12.5. The zero-order valence-corrected chi connectivity index (χ0v) is 10.8. The SMILES string of the molecule is CCCC1CCCN(CC(C#N)C(F)(F)F)CC1. The van der Waals surface area contributed by atoms with E-state index < -0.39 is 12.1 Å². The fourth-order valence-corrected chi connectivity index (χ4v) is 2.58. The summed E-state index contributed by atoms with van der Waals surface area (Å²) >= 11 is 0. The van der Waals surface area contributed by atoms with Gasteiger partial charge in [-0.05, 0) is 38.3 Å². The van der Waals surface area contributed by atoms with Crippen LogP contribution in [-0.4, -0.2) is 30.7 Å². The van der Waals surface area contributed by atoms with Gasteiger partial charge < -0.3 is 4.90 Å². The molecule has 1 aliphatic heterocycles. The number of nitrogens with zero attached hydrogens (tertiary/aromatic N) is 2. The van der Waals surface area contributed by atoms with Gasteiger partial charge in [-0.15, -0.1) is 0 Å². The number of likely N-dealkylation sites (tertiary alicyclic amines) is 1. The van der Waals surface area contributed by atoms with Crippen LogP contribution >= 0.6 is 0 Å². The van der Waals surface area contributed by atoms with Crippen molar-refractivity contribution in [1.29, 1.82) is 5.26 Å². The third-order valence-corrected chi connectivity index (χ3v) is 3.63. The number of hydrogen-bond acceptors (Lipinski definition) is 2. The standard InChI is InChI=1S/C13H21F3N2/c1-2-4-11-5-3-7-18(8-6-11)10-12(9-17)13(14,15)16/h11-12H,2-8,10H2,1H3. The molecule has 0 spiro atoms. The summed E-state index contributed by atoms with van der Waals surface area (Å²) in [4.78, 5) is 1.80. The molecule has 0 aromatic heterocycles. The van der Waals surface area contributed by atoms with Gasteiger partial charge >= 0.3 is 6.18 Å². The fourth-order valence-electron chi connectivity index (χ4n) is 2.58. The Balaban J connectivity index is 2.46. The first-order valence-corrected chi connectivity index (χ1v) is 6.66. The maximum atomic E-state index is 12.5. The molecule has 1 fully saturated rings. The molecular formula is C13H21F3N2. The number of alkyl halides is 3. The minimum absolute atomic E-state index is 0.168. The van der Waals surface area contributed by atoms with E-state index in [1.807, 2.05) is 0 Å². The summed E-state index contributed by atoms with van der Waals surface area (Å²) in [5.74, 6) is -1.20. The number of hydrogen-bond donors (Lipinski definition) is 0. The molecule has 0 radical (unpaired) electrons. The van der Waals surface area contributed by atoms with Crippen LogP contribution < -0.4 is 0 Å². The van der Waals surface area contributed by atoms with Crippen molar-refractivity contribution >= 4 is 0 Å². The summed E-state index contributed by atoms with van der Waals surface area (Å²) in [5, 5.41) is 8.60. The van der Waals surface area contributed by atoms with Crippen molar-refractivity contribution in [3.63, 3.8) is 0 Å². The van der Waals surface area contributed by atoms with E-state index in [2.05, 4.69) is 6.92 Å². The summed E-state index contributed by atoms with van der Waals surface area (Å²) in [5.41, 5.74) is 0. The van der Waals surface area contributed by atoms with Crippen molar-refractivity contribution < 1.29 is 13.2 Å². The molecule has 0 N–H and O–H groups in total. The van der Waals surface area contributed by atoms with Crippen LogP contribution in [0.3, 0.4) is 0 Å². The van der Waals surface area contributed by atoms with E-state index in [4.69, 9.17) is 5.26 Å². The van der Waals surface area contributed by atoms with Crippen LogP contribution in [0.15, 0.2) is 0 Å². The molecule has 18 heavy (non-hydrogen) atoms. The Hall–Kier alpha value is -0.760. The van der Waals surface area contributed by atoms with Crippen LogP contribution in [0.2, 0.25) is 0 Å². The number of halogens is 3. The molecule has 5 heteroatoms. The molecular weight excluding hydrogens is 241 g/mol. The Morgan fingerprint density at radius 3 is 2.61 bits per heavy atom. The quantitative estimate of drug-likeness (QED) is 0.774. The van der Waals surface area contributed by atoms with Gasteiger partial charge in [-0.3, -0.25) is 0 Å². The van der Waals surface area contributed by atoms with E-state index in [1.54, 1.807) is 4.90 Å². The molecule has 1 saturated heterocycles. The second kappa shape index (κ2) is 6.98. The van der Waals surface area contributed by atoms with Gasteiger partial charge in [-0.2, -0.15) is 18.4 Å². The molecule has 2 unspecified atom stereocenters. The first kappa shape index (κ1) is 15.3. The Bertz CT molecular complexity index is 283. The zero-order valence-electron chi connectivity index (χ0n) is 10.8. The molecule has 0 bridgehead atoms. The van der Waals surface area contributed by atoms with E-state index in [9.17, 15) is 13.2 Å². The van der Waals surface area contributed by atoms with Crippen LogP contribution in [0.25, 0.3) is 0 Å². The summed E-state index contributed by atoms with van der Waals surface area (Å²) in [6.07, 6.45) is 0.908. The van der Waals surface area contributed by atoms with E-state index in [-0.39, 0.29) is 6.54 Å². The molecule has 0 aromatic rings. The molecule has 0 aromatic carbocycles. The zero-order chi connectivity index (χ0) is 13.6. The summed E-state index contributed by atoms with van der Waals surface area (Å²) in [6, 6.07) is 1.38. The van der Waals surface area contributed by atoms with E-state index in [0.717, 1.165) is 32.1 Å². The summed E-state index contributed by atoms with van der Waals surface area (Å²) in [7, 11) is 0. The molecule has 104 valence electrons. The molecule has 0 aliphatic carbocycles. The van der Waals surface area contributed by atoms with Gasteiger partial charge in [0.2, 0.25) is 0 Å². The van der Waals surface area contributed by atoms with Gasteiger partial charge in [0.05, 0.1) is 6.07 Å². The lowest BCUT2D eigenvalue weighted by atomic mass is 9.96. The van der Waals surface area contributed by atoms with Crippen LogP contribution in [0.4, 0.5) is 13.2 Å². The largest absolute Gasteiger partial charge is 0.405 e. The van der Waals surface area contributed by atoms with Crippen LogP contribution in [0.5, 0.6) is 0 Å². The fraction of sp³-hybridized carbons (Fsp3) is 0.923. The van der Waals surface area contributed by atoms with E-state index >= 15 is 0 Å². The highest BCUT2D eigenvalue weighted by Gasteiger charge is 2.40. The minimum atomic E-state index is -4.40. The topological polar surface area (TPSA) is 27.0 Å². The van der Waals surface area contributed by atoms with Crippen molar-refractivity contribution in [2.75, 3.05) is 19.6 Å². The molecule has 1 heterocycles. The lowest BCUT2D eigenvalue weighted by Crippen LogP contribution is -2.36. The van der Waals surface area contributed by atoms with Crippen molar-refractivity contribution in [1.82, 2.24) is 4.90 Å². The van der Waals surface area contributed by atoms with Crippen LogP contribution in [-0.2, 0) is 0 Å². The maximum Gasteiger partial charge on any atom is 0.405 e.